The van der Waals surface area contributed by atoms with E-state index in [0.29, 0.717) is 0 Å². The van der Waals surface area contributed by atoms with Gasteiger partial charge in [0.1, 0.15) is 0 Å². The van der Waals surface area contributed by atoms with E-state index >= 15 is 0 Å². The van der Waals surface area contributed by atoms with E-state index in [0.717, 1.165) is 6.04 Å². The Morgan fingerprint density at radius 2 is 1.93 bits per heavy atom. The minimum absolute atomic E-state index is 0.769. The van der Waals surface area contributed by atoms with Crippen LogP contribution in [0.5, 0.6) is 0 Å². The Hall–Kier alpha value is 0.230. The van der Waals surface area contributed by atoms with Gasteiger partial charge in [-0.05, 0) is 25.9 Å². The van der Waals surface area contributed by atoms with E-state index in [-0.39, 0.29) is 0 Å². The molecule has 2 rings (SSSR count). The van der Waals surface area contributed by atoms with Crippen molar-refractivity contribution < 1.29 is 0 Å². The Balaban J connectivity index is 1.53. The molecule has 0 amide bonds. The lowest BCUT2D eigenvalue weighted by molar-refractivity contribution is 0.286. The van der Waals surface area contributed by atoms with Crippen LogP contribution in [0.4, 0.5) is 0 Å². The summed E-state index contributed by atoms with van der Waals surface area (Å²) in [4.78, 5) is 2.59. The number of nitrogens with zero attached hydrogens (tertiary/aromatic N) is 1. The molecule has 2 aliphatic heterocycles. The second kappa shape index (κ2) is 6.74. The minimum Gasteiger partial charge on any atom is -0.317 e. The molecule has 15 heavy (non-hydrogen) atoms. The molecule has 88 valence electrons. The molecule has 0 saturated carbocycles. The van der Waals surface area contributed by atoms with E-state index in [1.165, 1.54) is 63.6 Å². The molecule has 2 fully saturated rings. The lowest BCUT2D eigenvalue weighted by atomic mass is 10.1. The third kappa shape index (κ3) is 4.31. The Kier molecular flexibility index (Phi) is 5.26. The second-order valence-electron chi connectivity index (χ2n) is 4.43. The largest absolute Gasteiger partial charge is 0.317 e. The molecule has 0 aliphatic carbocycles. The van der Waals surface area contributed by atoms with Gasteiger partial charge < -0.3 is 15.5 Å². The highest BCUT2D eigenvalue weighted by Gasteiger charge is 2.13. The molecule has 3 nitrogen and oxygen atoms in total. The van der Waals surface area contributed by atoms with Gasteiger partial charge in [0.25, 0.3) is 0 Å². The zero-order chi connectivity index (χ0) is 10.3. The fourth-order valence-corrected chi connectivity index (χ4v) is 3.26. The number of hydrogen-bond acceptors (Lipinski definition) is 4. The van der Waals surface area contributed by atoms with Crippen molar-refractivity contribution in [1.82, 2.24) is 15.5 Å². The van der Waals surface area contributed by atoms with E-state index in [9.17, 15) is 0 Å². The van der Waals surface area contributed by atoms with E-state index in [1.807, 2.05) is 0 Å². The van der Waals surface area contributed by atoms with Crippen molar-refractivity contribution in [3.05, 3.63) is 0 Å². The molecule has 0 unspecified atom stereocenters. The summed E-state index contributed by atoms with van der Waals surface area (Å²) in [7, 11) is 0. The summed E-state index contributed by atoms with van der Waals surface area (Å²) in [5.74, 6) is 2.65. The summed E-state index contributed by atoms with van der Waals surface area (Å²) < 4.78 is 0. The molecule has 0 atom stereocenters. The average Bonchev–Trinajstić information content (AvgIpc) is 2.32. The van der Waals surface area contributed by atoms with Crippen LogP contribution in [0.1, 0.15) is 12.8 Å². The molecule has 0 aromatic heterocycles. The number of thioether (sulfide) groups is 1. The molecule has 0 spiro atoms. The van der Waals surface area contributed by atoms with E-state index < -0.39 is 0 Å². The standard InChI is InChI=1S/C11H23N3S/c1-3-12-4-2-11(1)13-5-6-14-7-9-15-10-8-14/h11-13H,1-10H2. The van der Waals surface area contributed by atoms with Crippen LogP contribution in [-0.4, -0.2) is 61.7 Å². The van der Waals surface area contributed by atoms with Gasteiger partial charge in [-0.3, -0.25) is 0 Å². The van der Waals surface area contributed by atoms with Crippen molar-refractivity contribution in [1.29, 1.82) is 0 Å². The van der Waals surface area contributed by atoms with Gasteiger partial charge in [0.2, 0.25) is 0 Å². The first-order valence-corrected chi connectivity index (χ1v) is 7.35. The van der Waals surface area contributed by atoms with Gasteiger partial charge in [0.05, 0.1) is 0 Å². The van der Waals surface area contributed by atoms with Gasteiger partial charge in [-0.25, -0.2) is 0 Å². The first-order valence-electron chi connectivity index (χ1n) is 6.19. The summed E-state index contributed by atoms with van der Waals surface area (Å²) in [6.07, 6.45) is 2.60. The van der Waals surface area contributed by atoms with Crippen molar-refractivity contribution in [3.8, 4) is 0 Å². The van der Waals surface area contributed by atoms with Gasteiger partial charge in [0.15, 0.2) is 0 Å². The van der Waals surface area contributed by atoms with Crippen LogP contribution >= 0.6 is 11.8 Å². The van der Waals surface area contributed by atoms with Crippen LogP contribution in [0.15, 0.2) is 0 Å². The molecule has 0 aromatic rings. The highest BCUT2D eigenvalue weighted by atomic mass is 32.2. The quantitative estimate of drug-likeness (QED) is 0.729. The maximum atomic E-state index is 3.68. The SMILES string of the molecule is C1CC(NCCN2CCSCC2)CCN1. The molecule has 2 N–H and O–H groups in total. The maximum Gasteiger partial charge on any atom is 0.0108 e. The third-order valence-electron chi connectivity index (χ3n) is 3.30. The van der Waals surface area contributed by atoms with Crippen LogP contribution in [0, 0.1) is 0 Å². The van der Waals surface area contributed by atoms with Gasteiger partial charge in [-0.2, -0.15) is 11.8 Å². The maximum absolute atomic E-state index is 3.68. The number of hydrogen-bond donors (Lipinski definition) is 2. The van der Waals surface area contributed by atoms with Crippen molar-refractivity contribution in [2.24, 2.45) is 0 Å². The fraction of sp³-hybridized carbons (Fsp3) is 1.00. The zero-order valence-electron chi connectivity index (χ0n) is 9.50. The minimum atomic E-state index is 0.769. The van der Waals surface area contributed by atoms with Crippen LogP contribution in [0.3, 0.4) is 0 Å². The molecular weight excluding hydrogens is 206 g/mol. The van der Waals surface area contributed by atoms with Crippen molar-refractivity contribution >= 4 is 11.8 Å². The Morgan fingerprint density at radius 1 is 1.20 bits per heavy atom. The second-order valence-corrected chi connectivity index (χ2v) is 5.66. The van der Waals surface area contributed by atoms with E-state index in [4.69, 9.17) is 0 Å². The highest BCUT2D eigenvalue weighted by molar-refractivity contribution is 7.99. The van der Waals surface area contributed by atoms with Gasteiger partial charge >= 0.3 is 0 Å². The predicted molar refractivity (Wildman–Crippen MR) is 67.7 cm³/mol. The summed E-state index contributed by atoms with van der Waals surface area (Å²) in [5.41, 5.74) is 0. The van der Waals surface area contributed by atoms with Gasteiger partial charge in [-0.1, -0.05) is 0 Å². The topological polar surface area (TPSA) is 27.3 Å². The zero-order valence-corrected chi connectivity index (χ0v) is 10.3. The lowest BCUT2D eigenvalue weighted by Gasteiger charge is -2.28. The Morgan fingerprint density at radius 3 is 2.67 bits per heavy atom. The van der Waals surface area contributed by atoms with Crippen LogP contribution < -0.4 is 10.6 Å². The smallest absolute Gasteiger partial charge is 0.0108 e. The Bertz CT molecular complexity index is 147. The lowest BCUT2D eigenvalue weighted by Crippen LogP contribution is -2.44. The van der Waals surface area contributed by atoms with Crippen LogP contribution in [-0.2, 0) is 0 Å². The molecule has 4 heteroatoms. The van der Waals surface area contributed by atoms with Crippen molar-refractivity contribution in [2.75, 3.05) is 50.8 Å². The van der Waals surface area contributed by atoms with Crippen LogP contribution in [0.25, 0.3) is 0 Å². The summed E-state index contributed by atoms with van der Waals surface area (Å²) >= 11 is 2.09. The molecule has 0 radical (unpaired) electrons. The third-order valence-corrected chi connectivity index (χ3v) is 4.25. The molecular formula is C11H23N3S. The first-order chi connectivity index (χ1) is 7.45. The van der Waals surface area contributed by atoms with Crippen molar-refractivity contribution in [3.63, 3.8) is 0 Å². The number of nitrogens with one attached hydrogen (secondary N) is 2. The van der Waals surface area contributed by atoms with Gasteiger partial charge in [-0.15, -0.1) is 0 Å². The average molecular weight is 229 g/mol. The van der Waals surface area contributed by atoms with Crippen molar-refractivity contribution in [2.45, 2.75) is 18.9 Å². The van der Waals surface area contributed by atoms with Crippen LogP contribution in [0.2, 0.25) is 0 Å². The summed E-state index contributed by atoms with van der Waals surface area (Å²) in [5, 5.41) is 7.08. The molecule has 0 aromatic carbocycles. The monoisotopic (exact) mass is 229 g/mol. The molecule has 0 bridgehead atoms. The molecule has 2 aliphatic rings. The van der Waals surface area contributed by atoms with Gasteiger partial charge in [0, 0.05) is 43.7 Å². The first kappa shape index (κ1) is 11.7. The Labute approximate surface area is 97.4 Å². The fourth-order valence-electron chi connectivity index (χ4n) is 2.28. The molecule has 2 saturated heterocycles. The predicted octanol–water partition coefficient (Wildman–Crippen LogP) is 0.377. The van der Waals surface area contributed by atoms with E-state index in [2.05, 4.69) is 27.3 Å². The normalized spacial score (nSPS) is 25.6. The molecule has 2 heterocycles. The summed E-state index contributed by atoms with van der Waals surface area (Å²) in [6.45, 7) is 7.38. The summed E-state index contributed by atoms with van der Waals surface area (Å²) in [6, 6.07) is 0.769. The number of rotatable bonds is 4. The van der Waals surface area contributed by atoms with E-state index in [1.54, 1.807) is 0 Å². The highest BCUT2D eigenvalue weighted by Crippen LogP contribution is 2.08. The number of piperidine rings is 1.